The number of fused-ring (bicyclic) bond motifs is 1. The van der Waals surface area contributed by atoms with Crippen molar-refractivity contribution in [1.29, 1.82) is 0 Å². The van der Waals surface area contributed by atoms with E-state index in [4.69, 9.17) is 0 Å². The lowest BCUT2D eigenvalue weighted by atomic mass is 9.76. The Morgan fingerprint density at radius 2 is 2.10 bits per heavy atom. The molecule has 1 aromatic rings. The smallest absolute Gasteiger partial charge is 0.167 e. The van der Waals surface area contributed by atoms with Gasteiger partial charge in [0.2, 0.25) is 0 Å². The van der Waals surface area contributed by atoms with Crippen LogP contribution in [0.15, 0.2) is 18.2 Å². The summed E-state index contributed by atoms with van der Waals surface area (Å²) in [5, 5.41) is 3.37. The van der Waals surface area contributed by atoms with Crippen molar-refractivity contribution < 1.29 is 9.18 Å². The highest BCUT2D eigenvalue weighted by atomic mass is 19.1. The van der Waals surface area contributed by atoms with Gasteiger partial charge in [-0.15, -0.1) is 0 Å². The third kappa shape index (κ3) is 2.12. The average molecular weight is 276 g/mol. The Morgan fingerprint density at radius 1 is 1.35 bits per heavy atom. The first-order chi connectivity index (χ1) is 9.66. The van der Waals surface area contributed by atoms with E-state index in [1.165, 1.54) is 12.1 Å². The zero-order chi connectivity index (χ0) is 14.2. The molecule has 1 N–H and O–H groups in total. The third-order valence-corrected chi connectivity index (χ3v) is 4.59. The maximum Gasteiger partial charge on any atom is 0.167 e. The second-order valence-corrected chi connectivity index (χ2v) is 5.89. The van der Waals surface area contributed by atoms with E-state index < -0.39 is 0 Å². The number of carbonyl (C=O) groups excluding carboxylic acids is 1. The number of ketones is 1. The predicted octanol–water partition coefficient (Wildman–Crippen LogP) is 2.75. The van der Waals surface area contributed by atoms with E-state index in [-0.39, 0.29) is 17.1 Å². The lowest BCUT2D eigenvalue weighted by Gasteiger charge is -2.51. The fraction of sp³-hybridized carbons (Fsp3) is 0.562. The number of nitrogens with zero attached hydrogens (tertiary/aromatic N) is 1. The summed E-state index contributed by atoms with van der Waals surface area (Å²) >= 11 is 0. The van der Waals surface area contributed by atoms with E-state index in [0.29, 0.717) is 12.0 Å². The molecule has 1 saturated heterocycles. The highest BCUT2D eigenvalue weighted by Crippen LogP contribution is 2.42. The zero-order valence-electron chi connectivity index (χ0n) is 11.9. The first-order valence-corrected chi connectivity index (χ1v) is 7.47. The van der Waals surface area contributed by atoms with Gasteiger partial charge in [0, 0.05) is 29.8 Å². The van der Waals surface area contributed by atoms with Gasteiger partial charge in [-0.3, -0.25) is 4.79 Å². The second-order valence-electron chi connectivity index (χ2n) is 5.89. The van der Waals surface area contributed by atoms with Crippen molar-refractivity contribution >= 4 is 11.5 Å². The van der Waals surface area contributed by atoms with Crippen LogP contribution in [0.3, 0.4) is 0 Å². The van der Waals surface area contributed by atoms with Gasteiger partial charge in [-0.25, -0.2) is 4.39 Å². The second kappa shape index (κ2) is 5.17. The van der Waals surface area contributed by atoms with Crippen LogP contribution in [0.25, 0.3) is 0 Å². The maximum atomic E-state index is 13.4. The third-order valence-electron chi connectivity index (χ3n) is 4.59. The van der Waals surface area contributed by atoms with Crippen LogP contribution in [0.4, 0.5) is 10.1 Å². The molecular formula is C16H21FN2O. The number of Topliss-reactive ketones (excluding diaryl/α,β-unsaturated/α-hetero) is 1. The molecule has 0 atom stereocenters. The molecular weight excluding hydrogens is 255 g/mol. The maximum absolute atomic E-state index is 13.4. The lowest BCUT2D eigenvalue weighted by molar-refractivity contribution is 0.0917. The number of carbonyl (C=O) groups is 1. The number of benzene rings is 1. The standard InChI is InChI=1S/C16H21FN2O/c1-2-9-19-14-4-3-12(17)10-13(14)15(20)11-16(19)5-7-18-8-6-16/h3-4,10,18H,2,5-9,11H2,1H3. The van der Waals surface area contributed by atoms with Crippen molar-refractivity contribution in [1.82, 2.24) is 5.32 Å². The molecule has 3 rings (SSSR count). The van der Waals surface area contributed by atoms with Crippen LogP contribution >= 0.6 is 0 Å². The van der Waals surface area contributed by atoms with Gasteiger partial charge in [0.1, 0.15) is 5.82 Å². The summed E-state index contributed by atoms with van der Waals surface area (Å²) in [5.41, 5.74) is 1.41. The molecule has 0 radical (unpaired) electrons. The quantitative estimate of drug-likeness (QED) is 0.901. The van der Waals surface area contributed by atoms with E-state index in [2.05, 4.69) is 17.1 Å². The first kappa shape index (κ1) is 13.6. The number of anilines is 1. The lowest BCUT2D eigenvalue weighted by Crippen LogP contribution is -2.58. The molecule has 20 heavy (non-hydrogen) atoms. The van der Waals surface area contributed by atoms with E-state index in [0.717, 1.165) is 44.6 Å². The van der Waals surface area contributed by atoms with Crippen molar-refractivity contribution in [2.75, 3.05) is 24.5 Å². The van der Waals surface area contributed by atoms with Crippen LogP contribution in [-0.4, -0.2) is 31.0 Å². The van der Waals surface area contributed by atoms with E-state index >= 15 is 0 Å². The van der Waals surface area contributed by atoms with Crippen LogP contribution in [0.2, 0.25) is 0 Å². The van der Waals surface area contributed by atoms with Crippen LogP contribution < -0.4 is 10.2 Å². The van der Waals surface area contributed by atoms with Gasteiger partial charge in [0.25, 0.3) is 0 Å². The Balaban J connectivity index is 2.07. The molecule has 1 spiro atoms. The van der Waals surface area contributed by atoms with Gasteiger partial charge in [0.15, 0.2) is 5.78 Å². The Morgan fingerprint density at radius 3 is 2.80 bits per heavy atom. The number of piperidine rings is 1. The monoisotopic (exact) mass is 276 g/mol. The average Bonchev–Trinajstić information content (AvgIpc) is 2.45. The molecule has 0 amide bonds. The van der Waals surface area contributed by atoms with Gasteiger partial charge in [-0.1, -0.05) is 6.92 Å². The van der Waals surface area contributed by atoms with Gasteiger partial charge < -0.3 is 10.2 Å². The fourth-order valence-electron chi connectivity index (χ4n) is 3.63. The number of hydrogen-bond donors (Lipinski definition) is 1. The van der Waals surface area contributed by atoms with Crippen LogP contribution in [0.5, 0.6) is 0 Å². The predicted molar refractivity (Wildman–Crippen MR) is 77.8 cm³/mol. The first-order valence-electron chi connectivity index (χ1n) is 7.47. The normalized spacial score (nSPS) is 21.1. The van der Waals surface area contributed by atoms with Gasteiger partial charge in [-0.05, 0) is 50.6 Å². The van der Waals surface area contributed by atoms with Gasteiger partial charge >= 0.3 is 0 Å². The Bertz CT molecular complexity index is 523. The number of rotatable bonds is 2. The molecule has 2 aliphatic heterocycles. The molecule has 3 nitrogen and oxygen atoms in total. The van der Waals surface area contributed by atoms with Crippen LogP contribution in [0.1, 0.15) is 43.0 Å². The molecule has 0 bridgehead atoms. The molecule has 4 heteroatoms. The SMILES string of the molecule is CCCN1c2ccc(F)cc2C(=O)CC12CCNCC2. The van der Waals surface area contributed by atoms with Crippen molar-refractivity contribution in [3.63, 3.8) is 0 Å². The molecule has 2 heterocycles. The van der Waals surface area contributed by atoms with Gasteiger partial charge in [-0.2, -0.15) is 0 Å². The molecule has 1 aromatic carbocycles. The van der Waals surface area contributed by atoms with Crippen molar-refractivity contribution in [2.24, 2.45) is 0 Å². The zero-order valence-corrected chi connectivity index (χ0v) is 11.9. The fourth-order valence-corrected chi connectivity index (χ4v) is 3.63. The summed E-state index contributed by atoms with van der Waals surface area (Å²) in [4.78, 5) is 14.8. The summed E-state index contributed by atoms with van der Waals surface area (Å²) in [6.07, 6.45) is 3.51. The summed E-state index contributed by atoms with van der Waals surface area (Å²) in [6, 6.07) is 4.64. The Kier molecular flexibility index (Phi) is 3.50. The minimum atomic E-state index is -0.324. The van der Waals surface area contributed by atoms with Crippen LogP contribution in [-0.2, 0) is 0 Å². The molecule has 2 aliphatic rings. The van der Waals surface area contributed by atoms with E-state index in [1.807, 2.05) is 0 Å². The molecule has 0 saturated carbocycles. The van der Waals surface area contributed by atoms with Crippen molar-refractivity contribution in [2.45, 2.75) is 38.1 Å². The van der Waals surface area contributed by atoms with Gasteiger partial charge in [0.05, 0.1) is 0 Å². The van der Waals surface area contributed by atoms with Crippen molar-refractivity contribution in [3.8, 4) is 0 Å². The van der Waals surface area contributed by atoms with Crippen molar-refractivity contribution in [3.05, 3.63) is 29.6 Å². The number of hydrogen-bond acceptors (Lipinski definition) is 3. The minimum absolute atomic E-state index is 0.0663. The molecule has 0 aromatic heterocycles. The topological polar surface area (TPSA) is 32.3 Å². The van der Waals surface area contributed by atoms with E-state index in [1.54, 1.807) is 6.07 Å². The highest BCUT2D eigenvalue weighted by molar-refractivity contribution is 6.04. The molecule has 108 valence electrons. The Labute approximate surface area is 119 Å². The molecule has 0 aliphatic carbocycles. The summed E-state index contributed by atoms with van der Waals surface area (Å²) in [6.45, 7) is 4.97. The van der Waals surface area contributed by atoms with Crippen LogP contribution in [0, 0.1) is 5.82 Å². The minimum Gasteiger partial charge on any atom is -0.365 e. The molecule has 1 fully saturated rings. The Hall–Kier alpha value is -1.42. The number of halogens is 1. The summed E-state index contributed by atoms with van der Waals surface area (Å²) < 4.78 is 13.4. The highest BCUT2D eigenvalue weighted by Gasteiger charge is 2.44. The molecule has 0 unspecified atom stereocenters. The van der Waals surface area contributed by atoms with E-state index in [9.17, 15) is 9.18 Å². The summed E-state index contributed by atoms with van der Waals surface area (Å²) in [7, 11) is 0. The largest absolute Gasteiger partial charge is 0.365 e. The number of nitrogens with one attached hydrogen (secondary N) is 1. The summed E-state index contributed by atoms with van der Waals surface area (Å²) in [5.74, 6) is -0.233.